The second-order valence-corrected chi connectivity index (χ2v) is 2.43. The summed E-state index contributed by atoms with van der Waals surface area (Å²) >= 11 is 0. The van der Waals surface area contributed by atoms with Gasteiger partial charge >= 0.3 is 0 Å². The molecule has 0 unspecified atom stereocenters. The van der Waals surface area contributed by atoms with Crippen molar-refractivity contribution in [2.45, 2.75) is 47.5 Å². The molecule has 14 heavy (non-hydrogen) atoms. The zero-order chi connectivity index (χ0) is 12.0. The van der Waals surface area contributed by atoms with Crippen molar-refractivity contribution in [2.24, 2.45) is 5.73 Å². The smallest absolute Gasteiger partial charge is 0.0234 e. The van der Waals surface area contributed by atoms with Gasteiger partial charge in [-0.2, -0.15) is 0 Å². The molecule has 84 valence electrons. The highest BCUT2D eigenvalue weighted by atomic mass is 14.5. The van der Waals surface area contributed by atoms with Crippen LogP contribution in [0.2, 0.25) is 0 Å². The summed E-state index contributed by atoms with van der Waals surface area (Å²) in [5, 5.41) is 0. The van der Waals surface area contributed by atoms with Crippen LogP contribution in [0.1, 0.15) is 47.5 Å². The van der Waals surface area contributed by atoms with Crippen LogP contribution in [-0.4, -0.2) is 0 Å². The molecule has 0 rings (SSSR count). The summed E-state index contributed by atoms with van der Waals surface area (Å²) in [6, 6.07) is 0. The average molecular weight is 197 g/mol. The van der Waals surface area contributed by atoms with Gasteiger partial charge in [0.2, 0.25) is 0 Å². The van der Waals surface area contributed by atoms with Crippen molar-refractivity contribution in [3.05, 3.63) is 36.6 Å². The van der Waals surface area contributed by atoms with E-state index in [9.17, 15) is 0 Å². The maximum Gasteiger partial charge on any atom is 0.0234 e. The highest BCUT2D eigenvalue weighted by Gasteiger charge is 1.82. The lowest BCUT2D eigenvalue weighted by atomic mass is 10.1. The van der Waals surface area contributed by atoms with Gasteiger partial charge in [0.1, 0.15) is 0 Å². The topological polar surface area (TPSA) is 26.0 Å². The van der Waals surface area contributed by atoms with Crippen LogP contribution < -0.4 is 5.73 Å². The van der Waals surface area contributed by atoms with Crippen LogP contribution >= 0.6 is 0 Å². The van der Waals surface area contributed by atoms with E-state index in [2.05, 4.69) is 40.0 Å². The van der Waals surface area contributed by atoms with E-state index >= 15 is 0 Å². The lowest BCUT2D eigenvalue weighted by Gasteiger charge is -1.93. The number of nitrogens with two attached hydrogens (primary N) is 1. The molecule has 0 saturated heterocycles. The van der Waals surface area contributed by atoms with E-state index in [4.69, 9.17) is 5.73 Å². The Morgan fingerprint density at radius 3 is 1.50 bits per heavy atom. The molecule has 2 N–H and O–H groups in total. The van der Waals surface area contributed by atoms with E-state index in [0.29, 0.717) is 5.70 Å². The van der Waals surface area contributed by atoms with Gasteiger partial charge in [-0.25, -0.2) is 0 Å². The second kappa shape index (κ2) is 17.9. The first kappa shape index (κ1) is 18.7. The normalized spacial score (nSPS) is 6.93. The highest BCUT2D eigenvalue weighted by molar-refractivity contribution is 5.04. The van der Waals surface area contributed by atoms with Gasteiger partial charge in [-0.15, -0.1) is 0 Å². The number of hydrogen-bond donors (Lipinski definition) is 1. The van der Waals surface area contributed by atoms with Crippen molar-refractivity contribution in [2.75, 3.05) is 0 Å². The minimum absolute atomic E-state index is 0.519. The average Bonchev–Trinajstić information content (AvgIpc) is 2.24. The number of hydrogen-bond acceptors (Lipinski definition) is 1. The van der Waals surface area contributed by atoms with Crippen molar-refractivity contribution in [3.8, 4) is 0 Å². The fourth-order valence-corrected chi connectivity index (χ4v) is 0.658. The maximum absolute atomic E-state index is 4.98. The van der Waals surface area contributed by atoms with E-state index in [1.165, 1.54) is 18.9 Å². The molecule has 0 aliphatic rings. The first-order chi connectivity index (χ1) is 6.62. The molecule has 0 spiro atoms. The summed E-state index contributed by atoms with van der Waals surface area (Å²) in [5.74, 6) is 0. The van der Waals surface area contributed by atoms with Gasteiger partial charge in [0.15, 0.2) is 0 Å². The Kier molecular flexibility index (Phi) is 24.0. The minimum Gasteiger partial charge on any atom is -0.399 e. The fourth-order valence-electron chi connectivity index (χ4n) is 0.658. The third-order valence-electron chi connectivity index (χ3n) is 1.58. The summed E-state index contributed by atoms with van der Waals surface area (Å²) in [7, 11) is 0. The van der Waals surface area contributed by atoms with E-state index < -0.39 is 0 Å². The van der Waals surface area contributed by atoms with Crippen molar-refractivity contribution in [1.29, 1.82) is 0 Å². The Balaban J connectivity index is -0.000000152. The highest BCUT2D eigenvalue weighted by Crippen LogP contribution is 2.02. The molecule has 0 fully saturated rings. The van der Waals surface area contributed by atoms with E-state index in [0.717, 1.165) is 0 Å². The third-order valence-corrected chi connectivity index (χ3v) is 1.58. The zero-order valence-corrected chi connectivity index (χ0v) is 10.6. The van der Waals surface area contributed by atoms with E-state index in [-0.39, 0.29) is 0 Å². The molecule has 0 saturated carbocycles. The Morgan fingerprint density at radius 1 is 1.21 bits per heavy atom. The summed E-state index contributed by atoms with van der Waals surface area (Å²) in [6.45, 7) is 17.2. The predicted molar refractivity (Wildman–Crippen MR) is 69.2 cm³/mol. The zero-order valence-electron chi connectivity index (χ0n) is 10.6. The van der Waals surface area contributed by atoms with Crippen LogP contribution in [0.4, 0.5) is 0 Å². The molecular formula is C13H27N. The Hall–Kier alpha value is -0.980. The molecule has 0 aliphatic heterocycles. The van der Waals surface area contributed by atoms with Crippen LogP contribution in [0.5, 0.6) is 0 Å². The first-order valence-corrected chi connectivity index (χ1v) is 5.33. The van der Waals surface area contributed by atoms with Gasteiger partial charge in [0, 0.05) is 5.70 Å². The Bertz CT molecular complexity index is 149. The number of rotatable bonds is 3. The van der Waals surface area contributed by atoms with E-state index in [1.54, 1.807) is 5.57 Å². The van der Waals surface area contributed by atoms with Crippen LogP contribution in [-0.2, 0) is 0 Å². The van der Waals surface area contributed by atoms with E-state index in [1.807, 2.05) is 13.8 Å². The molecule has 0 radical (unpaired) electrons. The summed E-state index contributed by atoms with van der Waals surface area (Å²) in [4.78, 5) is 0. The monoisotopic (exact) mass is 197 g/mol. The summed E-state index contributed by atoms with van der Waals surface area (Å²) in [5.41, 5.74) is 7.05. The van der Waals surface area contributed by atoms with Crippen molar-refractivity contribution < 1.29 is 0 Å². The quantitative estimate of drug-likeness (QED) is 0.526. The molecule has 1 nitrogen and oxygen atoms in total. The molecular weight excluding hydrogens is 170 g/mol. The molecule has 0 bridgehead atoms. The molecule has 1 heteroatoms. The number of allylic oxidation sites excluding steroid dienone is 3. The lowest BCUT2D eigenvalue weighted by molar-refractivity contribution is 0.972. The maximum atomic E-state index is 4.98. The Labute approximate surface area is 90.4 Å². The molecule has 0 heterocycles. The van der Waals surface area contributed by atoms with Gasteiger partial charge in [-0.3, -0.25) is 0 Å². The van der Waals surface area contributed by atoms with Crippen LogP contribution in [0.3, 0.4) is 0 Å². The van der Waals surface area contributed by atoms with Crippen LogP contribution in [0, 0.1) is 0 Å². The molecule has 0 atom stereocenters. The minimum atomic E-state index is 0.519. The molecule has 0 aromatic rings. The van der Waals surface area contributed by atoms with Crippen molar-refractivity contribution in [1.82, 2.24) is 0 Å². The molecule has 0 aromatic carbocycles. The van der Waals surface area contributed by atoms with Crippen LogP contribution in [0.25, 0.3) is 0 Å². The molecule has 0 aromatic heterocycles. The van der Waals surface area contributed by atoms with Gasteiger partial charge < -0.3 is 5.73 Å². The second-order valence-electron chi connectivity index (χ2n) is 2.43. The third kappa shape index (κ3) is 22.5. The lowest BCUT2D eigenvalue weighted by Crippen LogP contribution is -1.86. The summed E-state index contributed by atoms with van der Waals surface area (Å²) in [6.07, 6.45) is 6.12. The Morgan fingerprint density at radius 2 is 1.50 bits per heavy atom. The SMILES string of the molecule is C=CC(=C)N.CC.CC=C(CC)CC. The van der Waals surface area contributed by atoms with Crippen molar-refractivity contribution in [3.63, 3.8) is 0 Å². The van der Waals surface area contributed by atoms with Gasteiger partial charge in [-0.05, 0) is 25.8 Å². The standard InChI is InChI=1S/C7H14.C4H7N.C2H6/c1-4-7(5-2)6-3;1-3-4(2)5;1-2/h4H,5-6H2,1-3H3;3H,1-2,5H2;1-2H3. The molecule has 0 amide bonds. The molecule has 0 aliphatic carbocycles. The van der Waals surface area contributed by atoms with Gasteiger partial charge in [0.25, 0.3) is 0 Å². The fraction of sp³-hybridized carbons (Fsp3) is 0.538. The van der Waals surface area contributed by atoms with Gasteiger partial charge in [0.05, 0.1) is 0 Å². The first-order valence-electron chi connectivity index (χ1n) is 5.33. The van der Waals surface area contributed by atoms with Gasteiger partial charge in [-0.1, -0.05) is 52.5 Å². The van der Waals surface area contributed by atoms with Crippen LogP contribution in [0.15, 0.2) is 36.6 Å². The van der Waals surface area contributed by atoms with Crippen molar-refractivity contribution >= 4 is 0 Å². The predicted octanol–water partition coefficient (Wildman–Crippen LogP) is 4.42. The largest absolute Gasteiger partial charge is 0.399 e. The summed E-state index contributed by atoms with van der Waals surface area (Å²) < 4.78 is 0.